The van der Waals surface area contributed by atoms with Gasteiger partial charge in [0.2, 0.25) is 5.75 Å². The molecule has 6 nitrogen and oxygen atoms in total. The Hall–Kier alpha value is -2.23. The van der Waals surface area contributed by atoms with Gasteiger partial charge in [0.05, 0.1) is 20.5 Å². The van der Waals surface area contributed by atoms with E-state index in [1.807, 2.05) is 0 Å². The first kappa shape index (κ1) is 22.1. The fourth-order valence-electron chi connectivity index (χ4n) is 1.98. The van der Waals surface area contributed by atoms with Gasteiger partial charge in [-0.15, -0.1) is 0 Å². The Kier molecular flexibility index (Phi) is 6.63. The highest BCUT2D eigenvalue weighted by molar-refractivity contribution is 6.64. The van der Waals surface area contributed by atoms with Crippen LogP contribution in [-0.4, -0.2) is 16.3 Å². The van der Waals surface area contributed by atoms with E-state index in [0.29, 0.717) is 12.1 Å². The fraction of sp³-hybridized carbons (Fsp3) is 0.188. The summed E-state index contributed by atoms with van der Waals surface area (Å²) in [6.07, 6.45) is -5.86. The lowest BCUT2D eigenvalue weighted by molar-refractivity contribution is -0.386. The first-order valence-corrected chi connectivity index (χ1v) is 8.42. The molecule has 1 unspecified atom stereocenters. The molecule has 0 aliphatic rings. The van der Waals surface area contributed by atoms with Crippen LogP contribution in [0.4, 0.5) is 18.9 Å². The lowest BCUT2D eigenvalue weighted by Gasteiger charge is -2.15. The molecule has 0 aliphatic heterocycles. The topological polar surface area (TPSA) is 78.7 Å². The van der Waals surface area contributed by atoms with Gasteiger partial charge in [-0.3, -0.25) is 14.9 Å². The molecule has 0 radical (unpaired) electrons. The number of nitro groups is 1. The van der Waals surface area contributed by atoms with Gasteiger partial charge in [-0.25, -0.2) is 0 Å². The van der Waals surface area contributed by atoms with Crippen LogP contribution in [-0.2, 0) is 11.0 Å². The van der Waals surface area contributed by atoms with E-state index in [9.17, 15) is 28.1 Å². The summed E-state index contributed by atoms with van der Waals surface area (Å²) in [5.41, 5.74) is -1.56. The third-order valence-electron chi connectivity index (χ3n) is 3.30. The molecule has 12 heteroatoms. The second kappa shape index (κ2) is 8.42. The molecule has 2 aromatic rings. The van der Waals surface area contributed by atoms with Crippen LogP contribution in [0.15, 0.2) is 30.3 Å². The number of halogens is 6. The number of carbonyl (C=O) groups is 1. The molecule has 0 saturated carbocycles. The van der Waals surface area contributed by atoms with Crippen molar-refractivity contribution < 1.29 is 32.4 Å². The molecule has 2 aromatic carbocycles. The second-order valence-electron chi connectivity index (χ2n) is 5.32. The van der Waals surface area contributed by atoms with Crippen LogP contribution in [0.1, 0.15) is 12.5 Å². The zero-order valence-corrected chi connectivity index (χ0v) is 16.0. The van der Waals surface area contributed by atoms with Gasteiger partial charge in [-0.2, -0.15) is 13.2 Å². The third-order valence-corrected chi connectivity index (χ3v) is 4.17. The van der Waals surface area contributed by atoms with Crippen molar-refractivity contribution in [1.29, 1.82) is 0 Å². The number of nitro benzene ring substituents is 1. The summed E-state index contributed by atoms with van der Waals surface area (Å²) in [5, 5.41) is 9.35. The quantitative estimate of drug-likeness (QED) is 0.291. The van der Waals surface area contributed by atoms with Crippen LogP contribution in [0.2, 0.25) is 10.0 Å². The highest BCUT2D eigenvalue weighted by Gasteiger charge is 2.32. The molecule has 28 heavy (non-hydrogen) atoms. The summed E-state index contributed by atoms with van der Waals surface area (Å²) in [6.45, 7) is 1.27. The minimum absolute atomic E-state index is 0.0848. The molecule has 150 valence electrons. The molecule has 0 bridgehead atoms. The van der Waals surface area contributed by atoms with Gasteiger partial charge in [0, 0.05) is 12.1 Å². The Morgan fingerprint density at radius 3 is 2.21 bits per heavy atom. The average Bonchev–Trinajstić information content (AvgIpc) is 2.56. The van der Waals surface area contributed by atoms with Crippen molar-refractivity contribution in [2.75, 3.05) is 0 Å². The number of hydrogen-bond acceptors (Lipinski definition) is 5. The molecule has 0 N–H and O–H groups in total. The minimum Gasteiger partial charge on any atom is -0.474 e. The van der Waals surface area contributed by atoms with Crippen molar-refractivity contribution in [2.24, 2.45) is 0 Å². The van der Waals surface area contributed by atoms with E-state index in [1.54, 1.807) is 0 Å². The van der Waals surface area contributed by atoms with Gasteiger partial charge in [0.15, 0.2) is 11.9 Å². The SMILES string of the molecule is CC(Oc1cc(Oc2c(Cl)cc(C(F)(F)F)cc2Cl)ccc1[N+](=O)[O-])C(=O)Cl. The van der Waals surface area contributed by atoms with Crippen molar-refractivity contribution >= 4 is 45.7 Å². The lowest BCUT2D eigenvalue weighted by Crippen LogP contribution is -2.19. The van der Waals surface area contributed by atoms with Crippen molar-refractivity contribution in [1.82, 2.24) is 0 Å². The summed E-state index contributed by atoms with van der Waals surface area (Å²) >= 11 is 16.9. The molecule has 0 fully saturated rings. The van der Waals surface area contributed by atoms with Crippen LogP contribution in [0, 0.1) is 10.1 Å². The number of nitrogens with zero attached hydrogens (tertiary/aromatic N) is 1. The number of rotatable bonds is 6. The lowest BCUT2D eigenvalue weighted by atomic mass is 10.2. The van der Waals surface area contributed by atoms with Gasteiger partial charge < -0.3 is 9.47 Å². The van der Waals surface area contributed by atoms with Crippen molar-refractivity contribution in [3.8, 4) is 17.2 Å². The highest BCUT2D eigenvalue weighted by Crippen LogP contribution is 2.43. The van der Waals surface area contributed by atoms with Crippen LogP contribution in [0.3, 0.4) is 0 Å². The van der Waals surface area contributed by atoms with E-state index in [1.165, 1.54) is 6.92 Å². The number of carbonyl (C=O) groups excluding carboxylic acids is 1. The first-order valence-electron chi connectivity index (χ1n) is 7.28. The minimum atomic E-state index is -4.66. The maximum absolute atomic E-state index is 12.8. The maximum atomic E-state index is 12.8. The zero-order chi connectivity index (χ0) is 21.2. The van der Waals surface area contributed by atoms with Crippen LogP contribution >= 0.6 is 34.8 Å². The largest absolute Gasteiger partial charge is 0.474 e. The maximum Gasteiger partial charge on any atom is 0.416 e. The fourth-order valence-corrected chi connectivity index (χ4v) is 2.59. The molecular weight excluding hydrogens is 450 g/mol. The Labute approximate surface area is 170 Å². The van der Waals surface area contributed by atoms with Crippen molar-refractivity contribution in [2.45, 2.75) is 19.2 Å². The Morgan fingerprint density at radius 2 is 1.75 bits per heavy atom. The van der Waals surface area contributed by atoms with Gasteiger partial charge >= 0.3 is 11.9 Å². The van der Waals surface area contributed by atoms with Gasteiger partial charge in [-0.1, -0.05) is 23.2 Å². The average molecular weight is 459 g/mol. The van der Waals surface area contributed by atoms with E-state index in [-0.39, 0.29) is 17.2 Å². The summed E-state index contributed by atoms with van der Waals surface area (Å²) in [4.78, 5) is 21.5. The smallest absolute Gasteiger partial charge is 0.416 e. The highest BCUT2D eigenvalue weighted by atomic mass is 35.5. The predicted octanol–water partition coefficient (Wildman–Crippen LogP) is 6.25. The normalized spacial score (nSPS) is 12.4. The molecule has 0 amide bonds. The van der Waals surface area contributed by atoms with E-state index >= 15 is 0 Å². The number of alkyl halides is 3. The molecule has 0 saturated heterocycles. The number of benzene rings is 2. The summed E-state index contributed by atoms with van der Waals surface area (Å²) in [6, 6.07) is 4.48. The third kappa shape index (κ3) is 5.18. The monoisotopic (exact) mass is 457 g/mol. The molecule has 2 rings (SSSR count). The molecule has 0 aromatic heterocycles. The zero-order valence-electron chi connectivity index (χ0n) is 13.7. The number of hydrogen-bond donors (Lipinski definition) is 0. The first-order chi connectivity index (χ1) is 12.9. The van der Waals surface area contributed by atoms with Gasteiger partial charge in [0.1, 0.15) is 5.75 Å². The Bertz CT molecular complexity index is 913. The van der Waals surface area contributed by atoms with Crippen LogP contribution in [0.5, 0.6) is 17.2 Å². The van der Waals surface area contributed by atoms with E-state index < -0.39 is 43.7 Å². The summed E-state index contributed by atoms with van der Waals surface area (Å²) in [7, 11) is 0. The van der Waals surface area contributed by atoms with E-state index in [0.717, 1.165) is 18.2 Å². The Morgan fingerprint density at radius 1 is 1.18 bits per heavy atom. The van der Waals surface area contributed by atoms with E-state index in [2.05, 4.69) is 0 Å². The molecule has 1 atom stereocenters. The van der Waals surface area contributed by atoms with Gasteiger partial charge in [0.25, 0.3) is 5.24 Å². The van der Waals surface area contributed by atoms with Crippen LogP contribution in [0.25, 0.3) is 0 Å². The van der Waals surface area contributed by atoms with Crippen molar-refractivity contribution in [3.63, 3.8) is 0 Å². The van der Waals surface area contributed by atoms with Crippen LogP contribution < -0.4 is 9.47 Å². The Balaban J connectivity index is 2.42. The standard InChI is InChI=1S/C16H9Cl3F3NO5/c1-7(15(19)24)27-13-6-9(2-3-12(13)23(25)26)28-14-10(17)4-8(5-11(14)18)16(20,21)22/h2-7H,1H3. The summed E-state index contributed by atoms with van der Waals surface area (Å²) in [5.74, 6) is -0.723. The van der Waals surface area contributed by atoms with E-state index in [4.69, 9.17) is 44.3 Å². The molecule has 0 spiro atoms. The molecule has 0 heterocycles. The second-order valence-corrected chi connectivity index (χ2v) is 6.51. The molecule has 0 aliphatic carbocycles. The summed E-state index contributed by atoms with van der Waals surface area (Å²) < 4.78 is 48.9. The molecular formula is C16H9Cl3F3NO5. The van der Waals surface area contributed by atoms with Gasteiger partial charge in [-0.05, 0) is 36.7 Å². The van der Waals surface area contributed by atoms with Crippen molar-refractivity contribution in [3.05, 3.63) is 56.1 Å². The number of ether oxygens (including phenoxy) is 2. The predicted molar refractivity (Wildman–Crippen MR) is 95.6 cm³/mol.